The molecule has 0 bridgehead atoms. The number of rotatable bonds is 6. The van der Waals surface area contributed by atoms with E-state index in [2.05, 4.69) is 15.2 Å². The van der Waals surface area contributed by atoms with Gasteiger partial charge >= 0.3 is 0 Å². The Bertz CT molecular complexity index is 939. The van der Waals surface area contributed by atoms with Crippen LogP contribution in [-0.2, 0) is 10.0 Å². The maximum absolute atomic E-state index is 13.1. The summed E-state index contributed by atoms with van der Waals surface area (Å²) >= 11 is 0. The van der Waals surface area contributed by atoms with E-state index in [1.165, 1.54) is 20.2 Å². The minimum Gasteiger partial charge on any atom is -0.371 e. The molecule has 28 heavy (non-hydrogen) atoms. The van der Waals surface area contributed by atoms with E-state index in [0.29, 0.717) is 5.56 Å². The van der Waals surface area contributed by atoms with Crippen LogP contribution < -0.4 is 10.2 Å². The molecule has 0 saturated carbocycles. The number of nitrogens with zero attached hydrogens (tertiary/aromatic N) is 3. The average Bonchev–Trinajstić information content (AvgIpc) is 3.22. The van der Waals surface area contributed by atoms with Crippen LogP contribution in [0.4, 0.5) is 5.69 Å². The molecule has 1 aliphatic heterocycles. The van der Waals surface area contributed by atoms with Gasteiger partial charge in [0.05, 0.1) is 22.2 Å². The molecule has 1 fully saturated rings. The molecule has 1 amide bonds. The van der Waals surface area contributed by atoms with Crippen LogP contribution in [0.3, 0.4) is 0 Å². The molecule has 7 nitrogen and oxygen atoms in total. The van der Waals surface area contributed by atoms with Crippen LogP contribution in [0, 0.1) is 0 Å². The molecular weight excluding hydrogens is 376 g/mol. The standard InChI is InChI=1S/C20H26N4O3S/c1-15(18-8-4-5-11-21-18)22-20(25)17-14-16(28(26,27)23(2)3)9-10-19(17)24-12-6-7-13-24/h4-5,8-11,14-15H,6-7,12-13H2,1-3H3,(H,22,25). The van der Waals surface area contributed by atoms with Gasteiger partial charge in [-0.2, -0.15) is 0 Å². The van der Waals surface area contributed by atoms with Crippen LogP contribution in [0.1, 0.15) is 41.9 Å². The summed E-state index contributed by atoms with van der Waals surface area (Å²) < 4.78 is 26.3. The van der Waals surface area contributed by atoms with Crippen molar-refractivity contribution in [2.24, 2.45) is 0 Å². The van der Waals surface area contributed by atoms with Gasteiger partial charge in [0.1, 0.15) is 0 Å². The van der Waals surface area contributed by atoms with Crippen molar-refractivity contribution in [2.45, 2.75) is 30.7 Å². The number of carbonyl (C=O) groups is 1. The second kappa shape index (κ2) is 8.28. The zero-order chi connectivity index (χ0) is 20.3. The summed E-state index contributed by atoms with van der Waals surface area (Å²) in [7, 11) is -0.674. The normalized spacial score (nSPS) is 15.6. The van der Waals surface area contributed by atoms with Crippen molar-refractivity contribution >= 4 is 21.6 Å². The lowest BCUT2D eigenvalue weighted by molar-refractivity contribution is 0.0939. The molecular formula is C20H26N4O3S. The number of benzene rings is 1. The molecule has 0 aliphatic carbocycles. The predicted molar refractivity (Wildman–Crippen MR) is 109 cm³/mol. The SMILES string of the molecule is CC(NC(=O)c1cc(S(=O)(=O)N(C)C)ccc1N1CCCC1)c1ccccn1. The van der Waals surface area contributed by atoms with Crippen molar-refractivity contribution in [3.63, 3.8) is 0 Å². The Morgan fingerprint density at radius 1 is 1.18 bits per heavy atom. The third-order valence-electron chi connectivity index (χ3n) is 4.92. The average molecular weight is 403 g/mol. The van der Waals surface area contributed by atoms with E-state index in [-0.39, 0.29) is 16.8 Å². The van der Waals surface area contributed by atoms with E-state index in [1.54, 1.807) is 18.3 Å². The smallest absolute Gasteiger partial charge is 0.253 e. The quantitative estimate of drug-likeness (QED) is 0.802. The van der Waals surface area contributed by atoms with Crippen molar-refractivity contribution in [3.05, 3.63) is 53.9 Å². The molecule has 2 aromatic rings. The number of anilines is 1. The van der Waals surface area contributed by atoms with Gasteiger partial charge in [0.2, 0.25) is 10.0 Å². The molecule has 1 aliphatic rings. The fourth-order valence-electron chi connectivity index (χ4n) is 3.28. The second-order valence-corrected chi connectivity index (χ2v) is 9.26. The third-order valence-corrected chi connectivity index (χ3v) is 6.73. The summed E-state index contributed by atoms with van der Waals surface area (Å²) in [6.07, 6.45) is 3.80. The Balaban J connectivity index is 1.96. The molecule has 1 aromatic heterocycles. The van der Waals surface area contributed by atoms with Gasteiger partial charge in [-0.1, -0.05) is 6.07 Å². The highest BCUT2D eigenvalue weighted by molar-refractivity contribution is 7.89. The number of carbonyl (C=O) groups excluding carboxylic acids is 1. The van der Waals surface area contributed by atoms with E-state index < -0.39 is 10.0 Å². The first-order valence-corrected chi connectivity index (χ1v) is 10.8. The molecule has 3 rings (SSSR count). The Morgan fingerprint density at radius 2 is 1.89 bits per heavy atom. The largest absolute Gasteiger partial charge is 0.371 e. The van der Waals surface area contributed by atoms with Crippen molar-refractivity contribution in [2.75, 3.05) is 32.1 Å². The van der Waals surface area contributed by atoms with Gasteiger partial charge in [0, 0.05) is 39.1 Å². The molecule has 1 saturated heterocycles. The fourth-order valence-corrected chi connectivity index (χ4v) is 4.21. The molecule has 0 spiro atoms. The highest BCUT2D eigenvalue weighted by Crippen LogP contribution is 2.28. The fraction of sp³-hybridized carbons (Fsp3) is 0.400. The van der Waals surface area contributed by atoms with Gasteiger partial charge < -0.3 is 10.2 Å². The first-order valence-electron chi connectivity index (χ1n) is 9.34. The maximum atomic E-state index is 13.1. The van der Waals surface area contributed by atoms with Crippen molar-refractivity contribution in [1.82, 2.24) is 14.6 Å². The van der Waals surface area contributed by atoms with E-state index in [0.717, 1.165) is 41.6 Å². The number of hydrogen-bond donors (Lipinski definition) is 1. The summed E-state index contributed by atoms with van der Waals surface area (Å²) in [6, 6.07) is 10.0. The maximum Gasteiger partial charge on any atom is 0.253 e. The Morgan fingerprint density at radius 3 is 2.50 bits per heavy atom. The van der Waals surface area contributed by atoms with E-state index >= 15 is 0 Å². The van der Waals surface area contributed by atoms with Crippen LogP contribution in [0.15, 0.2) is 47.5 Å². The number of pyridine rings is 1. The molecule has 0 radical (unpaired) electrons. The van der Waals surface area contributed by atoms with Crippen LogP contribution in [0.5, 0.6) is 0 Å². The highest BCUT2D eigenvalue weighted by atomic mass is 32.2. The Kier molecular flexibility index (Phi) is 6.00. The van der Waals surface area contributed by atoms with E-state index in [4.69, 9.17) is 0 Å². The Labute approximate surface area is 166 Å². The summed E-state index contributed by atoms with van der Waals surface area (Å²) in [5, 5.41) is 2.95. The lowest BCUT2D eigenvalue weighted by atomic mass is 10.1. The summed E-state index contributed by atoms with van der Waals surface area (Å²) in [5.41, 5.74) is 1.88. The molecule has 1 N–H and O–H groups in total. The Hall–Kier alpha value is -2.45. The predicted octanol–water partition coefficient (Wildman–Crippen LogP) is 2.42. The number of nitrogens with one attached hydrogen (secondary N) is 1. The lowest BCUT2D eigenvalue weighted by Gasteiger charge is -2.23. The van der Waals surface area contributed by atoms with Gasteiger partial charge in [0.15, 0.2) is 0 Å². The number of sulfonamides is 1. The minimum atomic E-state index is -3.63. The molecule has 1 atom stereocenters. The first kappa shape index (κ1) is 20.3. The summed E-state index contributed by atoms with van der Waals surface area (Å²) in [4.78, 5) is 19.6. The highest BCUT2D eigenvalue weighted by Gasteiger charge is 2.25. The third kappa shape index (κ3) is 4.18. The number of amides is 1. The molecule has 8 heteroatoms. The minimum absolute atomic E-state index is 0.107. The number of aromatic nitrogens is 1. The zero-order valence-corrected chi connectivity index (χ0v) is 17.2. The molecule has 1 aromatic carbocycles. The van der Waals surface area contributed by atoms with Crippen molar-refractivity contribution < 1.29 is 13.2 Å². The van der Waals surface area contributed by atoms with Crippen molar-refractivity contribution in [1.29, 1.82) is 0 Å². The summed E-state index contributed by atoms with van der Waals surface area (Å²) in [5.74, 6) is -0.309. The second-order valence-electron chi connectivity index (χ2n) is 7.11. The number of hydrogen-bond acceptors (Lipinski definition) is 5. The van der Waals surface area contributed by atoms with Crippen LogP contribution >= 0.6 is 0 Å². The van der Waals surface area contributed by atoms with Gasteiger partial charge in [-0.3, -0.25) is 9.78 Å². The molecule has 1 unspecified atom stereocenters. The van der Waals surface area contributed by atoms with Crippen LogP contribution in [0.25, 0.3) is 0 Å². The van der Waals surface area contributed by atoms with E-state index in [9.17, 15) is 13.2 Å². The lowest BCUT2D eigenvalue weighted by Crippen LogP contribution is -2.30. The molecule has 150 valence electrons. The van der Waals surface area contributed by atoms with E-state index in [1.807, 2.05) is 25.1 Å². The van der Waals surface area contributed by atoms with Gasteiger partial charge in [-0.05, 0) is 50.1 Å². The zero-order valence-electron chi connectivity index (χ0n) is 16.4. The van der Waals surface area contributed by atoms with Gasteiger partial charge in [-0.25, -0.2) is 12.7 Å². The van der Waals surface area contributed by atoms with Gasteiger partial charge in [0.25, 0.3) is 5.91 Å². The molecule has 2 heterocycles. The van der Waals surface area contributed by atoms with Crippen molar-refractivity contribution in [3.8, 4) is 0 Å². The van der Waals surface area contributed by atoms with Crippen LogP contribution in [-0.4, -0.2) is 50.8 Å². The van der Waals surface area contributed by atoms with Gasteiger partial charge in [-0.15, -0.1) is 0 Å². The monoisotopic (exact) mass is 402 g/mol. The topological polar surface area (TPSA) is 82.6 Å². The first-order chi connectivity index (χ1) is 13.3. The summed E-state index contributed by atoms with van der Waals surface area (Å²) in [6.45, 7) is 3.57. The van der Waals surface area contributed by atoms with Crippen LogP contribution in [0.2, 0.25) is 0 Å².